The van der Waals surface area contributed by atoms with Crippen LogP contribution in [0.1, 0.15) is 48.0 Å². The van der Waals surface area contributed by atoms with Gasteiger partial charge in [-0.1, -0.05) is 49.8 Å². The van der Waals surface area contributed by atoms with Crippen molar-refractivity contribution in [1.29, 1.82) is 0 Å². The van der Waals surface area contributed by atoms with Crippen LogP contribution >= 0.6 is 0 Å². The van der Waals surface area contributed by atoms with E-state index in [1.165, 1.54) is 5.57 Å². The number of hydrogen-bond acceptors (Lipinski definition) is 2. The molecule has 0 heterocycles. The highest BCUT2D eigenvalue weighted by Gasteiger charge is 2.19. The Morgan fingerprint density at radius 3 is 2.57 bits per heavy atom. The molecule has 3 unspecified atom stereocenters. The molecule has 1 aliphatic rings. The first-order chi connectivity index (χ1) is 9.67. The van der Waals surface area contributed by atoms with Gasteiger partial charge in [0.15, 0.2) is 0 Å². The molecular formula is C18H29NO2. The molecule has 0 radical (unpaired) electrons. The molecule has 1 N–H and O–H groups in total. The second-order valence-electron chi connectivity index (χ2n) is 6.91. The fourth-order valence-electron chi connectivity index (χ4n) is 2.20. The molecule has 0 fully saturated rings. The molecule has 3 atom stereocenters. The van der Waals surface area contributed by atoms with Gasteiger partial charge in [-0.2, -0.15) is 0 Å². The number of carbonyl (C=O) groups is 1. The Kier molecular flexibility index (Phi) is 6.25. The Balaban J connectivity index is 2.59. The Hall–Kier alpha value is -1.51. The number of rotatable bonds is 3. The van der Waals surface area contributed by atoms with Crippen molar-refractivity contribution < 1.29 is 9.53 Å². The van der Waals surface area contributed by atoms with Crippen molar-refractivity contribution in [3.63, 3.8) is 0 Å². The number of ether oxygens (including phenoxy) is 1. The average molecular weight is 291 g/mol. The lowest BCUT2D eigenvalue weighted by Gasteiger charge is -2.23. The molecule has 1 aliphatic carbocycles. The number of carbonyl (C=O) groups excluding carboxylic acids is 1. The minimum absolute atomic E-state index is 0.0483. The molecule has 0 spiro atoms. The Labute approximate surface area is 129 Å². The molecule has 0 aromatic carbocycles. The van der Waals surface area contributed by atoms with Gasteiger partial charge in [0.2, 0.25) is 0 Å². The van der Waals surface area contributed by atoms with E-state index in [0.29, 0.717) is 11.8 Å². The maximum Gasteiger partial charge on any atom is 0.407 e. The van der Waals surface area contributed by atoms with Crippen molar-refractivity contribution in [2.24, 2.45) is 11.8 Å². The summed E-state index contributed by atoms with van der Waals surface area (Å²) in [7, 11) is 0. The average Bonchev–Trinajstić information content (AvgIpc) is 2.30. The van der Waals surface area contributed by atoms with E-state index in [4.69, 9.17) is 4.74 Å². The van der Waals surface area contributed by atoms with Crippen LogP contribution in [0.2, 0.25) is 0 Å². The van der Waals surface area contributed by atoms with Crippen LogP contribution in [-0.2, 0) is 4.74 Å². The van der Waals surface area contributed by atoms with E-state index >= 15 is 0 Å². The van der Waals surface area contributed by atoms with Gasteiger partial charge in [0, 0.05) is 6.04 Å². The van der Waals surface area contributed by atoms with Crippen LogP contribution in [-0.4, -0.2) is 17.7 Å². The zero-order chi connectivity index (χ0) is 16.0. The molecular weight excluding hydrogens is 262 g/mol. The number of amides is 1. The van der Waals surface area contributed by atoms with Crippen LogP contribution < -0.4 is 5.32 Å². The first-order valence-corrected chi connectivity index (χ1v) is 7.72. The summed E-state index contributed by atoms with van der Waals surface area (Å²) in [5, 5.41) is 2.90. The molecule has 0 aliphatic heterocycles. The van der Waals surface area contributed by atoms with Crippen LogP contribution in [0, 0.1) is 11.8 Å². The minimum atomic E-state index is -0.460. The second kappa shape index (κ2) is 7.48. The monoisotopic (exact) mass is 291 g/mol. The summed E-state index contributed by atoms with van der Waals surface area (Å²) in [6, 6.07) is 0.0483. The number of hydrogen-bond donors (Lipinski definition) is 1. The molecule has 3 nitrogen and oxygen atoms in total. The highest BCUT2D eigenvalue weighted by atomic mass is 16.6. The van der Waals surface area contributed by atoms with Crippen LogP contribution in [0.5, 0.6) is 0 Å². The molecule has 118 valence electrons. The first kappa shape index (κ1) is 17.5. The van der Waals surface area contributed by atoms with Crippen molar-refractivity contribution in [1.82, 2.24) is 5.32 Å². The van der Waals surface area contributed by atoms with Gasteiger partial charge in [-0.05, 0) is 46.0 Å². The van der Waals surface area contributed by atoms with Gasteiger partial charge in [-0.3, -0.25) is 0 Å². The van der Waals surface area contributed by atoms with Gasteiger partial charge in [0.1, 0.15) is 5.60 Å². The summed E-state index contributed by atoms with van der Waals surface area (Å²) < 4.78 is 5.29. The Morgan fingerprint density at radius 1 is 1.29 bits per heavy atom. The third kappa shape index (κ3) is 7.16. The fraction of sp³-hybridized carbons (Fsp3) is 0.611. The van der Waals surface area contributed by atoms with Crippen LogP contribution in [0.3, 0.4) is 0 Å². The zero-order valence-electron chi connectivity index (χ0n) is 14.1. The topological polar surface area (TPSA) is 38.3 Å². The molecule has 0 saturated carbocycles. The lowest BCUT2D eigenvalue weighted by Crippen LogP contribution is -2.38. The highest BCUT2D eigenvalue weighted by molar-refractivity contribution is 5.68. The SMILES string of the molecule is CC1C=CC(C)/C(CC(C)NC(=O)OC(C)(C)C)=C\C=C/1. The highest BCUT2D eigenvalue weighted by Crippen LogP contribution is 2.21. The quantitative estimate of drug-likeness (QED) is 0.771. The standard InChI is InChI=1S/C18H29NO2/c1-13-8-7-9-16(14(2)11-10-13)12-15(3)19-17(20)21-18(4,5)6/h7-11,13-15H,12H2,1-6H3,(H,19,20)/b8-7-,11-10?,16-9-. The molecule has 1 amide bonds. The maximum absolute atomic E-state index is 11.8. The van der Waals surface area contributed by atoms with E-state index in [1.54, 1.807) is 0 Å². The van der Waals surface area contributed by atoms with E-state index in [2.05, 4.69) is 49.5 Å². The third-order valence-electron chi connectivity index (χ3n) is 3.32. The van der Waals surface area contributed by atoms with Gasteiger partial charge < -0.3 is 10.1 Å². The second-order valence-corrected chi connectivity index (χ2v) is 6.91. The van der Waals surface area contributed by atoms with E-state index < -0.39 is 5.60 Å². The summed E-state index contributed by atoms with van der Waals surface area (Å²) in [4.78, 5) is 11.8. The van der Waals surface area contributed by atoms with Crippen LogP contribution in [0.15, 0.2) is 36.0 Å². The van der Waals surface area contributed by atoms with Gasteiger partial charge in [0.05, 0.1) is 0 Å². The van der Waals surface area contributed by atoms with Gasteiger partial charge >= 0.3 is 6.09 Å². The van der Waals surface area contributed by atoms with Crippen molar-refractivity contribution in [3.05, 3.63) is 36.0 Å². The van der Waals surface area contributed by atoms with Gasteiger partial charge in [-0.25, -0.2) is 4.79 Å². The smallest absolute Gasteiger partial charge is 0.407 e. The van der Waals surface area contributed by atoms with Crippen molar-refractivity contribution in [2.75, 3.05) is 0 Å². The summed E-state index contributed by atoms with van der Waals surface area (Å²) in [5.41, 5.74) is 0.857. The Morgan fingerprint density at radius 2 is 1.95 bits per heavy atom. The molecule has 21 heavy (non-hydrogen) atoms. The predicted octanol–water partition coefficient (Wildman–Crippen LogP) is 4.61. The lowest BCUT2D eigenvalue weighted by molar-refractivity contribution is 0.0508. The summed E-state index contributed by atoms with van der Waals surface area (Å²) in [5.74, 6) is 0.864. The summed E-state index contributed by atoms with van der Waals surface area (Å²) in [6.45, 7) is 12.0. The number of nitrogens with one attached hydrogen (secondary N) is 1. The molecule has 0 saturated heterocycles. The Bertz CT molecular complexity index is 441. The van der Waals surface area contributed by atoms with Crippen LogP contribution in [0.25, 0.3) is 0 Å². The first-order valence-electron chi connectivity index (χ1n) is 7.72. The van der Waals surface area contributed by atoms with E-state index in [1.807, 2.05) is 27.7 Å². The molecule has 0 aromatic rings. The van der Waals surface area contributed by atoms with E-state index in [9.17, 15) is 4.79 Å². The van der Waals surface area contributed by atoms with Crippen molar-refractivity contribution in [2.45, 2.75) is 59.6 Å². The van der Waals surface area contributed by atoms with E-state index in [0.717, 1.165) is 6.42 Å². The normalized spacial score (nSPS) is 27.8. The number of alkyl carbamates (subject to hydrolysis) is 1. The van der Waals surface area contributed by atoms with Crippen molar-refractivity contribution >= 4 is 6.09 Å². The van der Waals surface area contributed by atoms with Crippen LogP contribution in [0.4, 0.5) is 4.79 Å². The predicted molar refractivity (Wildman–Crippen MR) is 88.1 cm³/mol. The maximum atomic E-state index is 11.8. The number of allylic oxidation sites excluding steroid dienone is 5. The minimum Gasteiger partial charge on any atom is -0.444 e. The zero-order valence-corrected chi connectivity index (χ0v) is 14.1. The molecule has 3 heteroatoms. The fourth-order valence-corrected chi connectivity index (χ4v) is 2.20. The van der Waals surface area contributed by atoms with Crippen molar-refractivity contribution in [3.8, 4) is 0 Å². The molecule has 0 bridgehead atoms. The molecule has 0 aromatic heterocycles. The summed E-state index contributed by atoms with van der Waals surface area (Å²) >= 11 is 0. The largest absolute Gasteiger partial charge is 0.444 e. The lowest BCUT2D eigenvalue weighted by atomic mass is 9.91. The van der Waals surface area contributed by atoms with Gasteiger partial charge in [0.25, 0.3) is 0 Å². The summed E-state index contributed by atoms with van der Waals surface area (Å²) in [6.07, 6.45) is 11.4. The third-order valence-corrected chi connectivity index (χ3v) is 3.32. The van der Waals surface area contributed by atoms with E-state index in [-0.39, 0.29) is 12.1 Å². The molecule has 1 rings (SSSR count). The van der Waals surface area contributed by atoms with Gasteiger partial charge in [-0.15, -0.1) is 0 Å².